The molecule has 0 radical (unpaired) electrons. The highest BCUT2D eigenvalue weighted by atomic mass is 32.2. The number of sulfonamides is 1. The van der Waals surface area contributed by atoms with Crippen molar-refractivity contribution in [1.29, 1.82) is 0 Å². The third-order valence-corrected chi connectivity index (χ3v) is 6.92. The van der Waals surface area contributed by atoms with Gasteiger partial charge in [0.05, 0.1) is 10.1 Å². The van der Waals surface area contributed by atoms with Crippen LogP contribution >= 0.6 is 11.8 Å². The van der Waals surface area contributed by atoms with Crippen LogP contribution in [0.1, 0.15) is 38.5 Å². The van der Waals surface area contributed by atoms with Crippen LogP contribution in [0.15, 0.2) is 53.4 Å². The fourth-order valence-electron chi connectivity index (χ4n) is 2.52. The van der Waals surface area contributed by atoms with Gasteiger partial charge in [0.25, 0.3) is 0 Å². The van der Waals surface area contributed by atoms with Crippen molar-refractivity contribution in [3.05, 3.63) is 59.9 Å². The number of thioether (sulfide) groups is 1. The van der Waals surface area contributed by atoms with E-state index in [0.717, 1.165) is 5.56 Å². The SMILES string of the molecule is CC(C)NS(=O)(=O)c1ccc(NC(=O)C(C)SC(C)c2ccc(F)cc2)cc1. The molecule has 0 saturated carbocycles. The molecule has 0 bridgehead atoms. The maximum absolute atomic E-state index is 13.0. The van der Waals surface area contributed by atoms with Crippen LogP contribution in [0.2, 0.25) is 0 Å². The summed E-state index contributed by atoms with van der Waals surface area (Å²) in [5.74, 6) is -0.476. The highest BCUT2D eigenvalue weighted by molar-refractivity contribution is 8.00. The first kappa shape index (κ1) is 22.4. The molecule has 2 N–H and O–H groups in total. The molecule has 0 spiro atoms. The molecule has 2 atom stereocenters. The van der Waals surface area contributed by atoms with Gasteiger partial charge in [0.15, 0.2) is 0 Å². The van der Waals surface area contributed by atoms with Gasteiger partial charge in [-0.1, -0.05) is 12.1 Å². The molecule has 0 aliphatic heterocycles. The highest BCUT2D eigenvalue weighted by Gasteiger charge is 2.19. The van der Waals surface area contributed by atoms with Crippen molar-refractivity contribution in [1.82, 2.24) is 4.72 Å². The van der Waals surface area contributed by atoms with Gasteiger partial charge in [-0.15, -0.1) is 11.8 Å². The molecule has 28 heavy (non-hydrogen) atoms. The Morgan fingerprint density at radius 2 is 1.54 bits per heavy atom. The van der Waals surface area contributed by atoms with E-state index in [1.807, 2.05) is 6.92 Å². The second-order valence-corrected chi connectivity index (χ2v) is 10.2. The molecule has 2 unspecified atom stereocenters. The van der Waals surface area contributed by atoms with Crippen LogP contribution < -0.4 is 10.0 Å². The van der Waals surface area contributed by atoms with Crippen LogP contribution in [0.5, 0.6) is 0 Å². The summed E-state index contributed by atoms with van der Waals surface area (Å²) in [6.07, 6.45) is 0. The summed E-state index contributed by atoms with van der Waals surface area (Å²) in [4.78, 5) is 12.6. The maximum Gasteiger partial charge on any atom is 0.240 e. The van der Waals surface area contributed by atoms with Crippen LogP contribution in [0, 0.1) is 5.82 Å². The summed E-state index contributed by atoms with van der Waals surface area (Å²) >= 11 is 1.46. The van der Waals surface area contributed by atoms with Crippen molar-refractivity contribution < 1.29 is 17.6 Å². The van der Waals surface area contributed by atoms with Gasteiger partial charge < -0.3 is 5.32 Å². The van der Waals surface area contributed by atoms with Crippen molar-refractivity contribution in [3.63, 3.8) is 0 Å². The number of carbonyl (C=O) groups is 1. The molecule has 0 heterocycles. The van der Waals surface area contributed by atoms with E-state index >= 15 is 0 Å². The fraction of sp³-hybridized carbons (Fsp3) is 0.350. The summed E-state index contributed by atoms with van der Waals surface area (Å²) in [6.45, 7) is 7.25. The Bertz CT molecular complexity index is 898. The number of anilines is 1. The van der Waals surface area contributed by atoms with Gasteiger partial charge in [-0.25, -0.2) is 17.5 Å². The van der Waals surface area contributed by atoms with Crippen molar-refractivity contribution in [2.24, 2.45) is 0 Å². The van der Waals surface area contributed by atoms with Gasteiger partial charge in [-0.05, 0) is 69.7 Å². The predicted molar refractivity (Wildman–Crippen MR) is 112 cm³/mol. The minimum atomic E-state index is -3.56. The van der Waals surface area contributed by atoms with Gasteiger partial charge in [-0.2, -0.15) is 0 Å². The van der Waals surface area contributed by atoms with Gasteiger partial charge in [-0.3, -0.25) is 4.79 Å². The number of rotatable bonds is 8. The molecule has 0 aliphatic rings. The zero-order valence-corrected chi connectivity index (χ0v) is 17.9. The van der Waals surface area contributed by atoms with Crippen molar-refractivity contribution in [2.75, 3.05) is 5.32 Å². The molecule has 5 nitrogen and oxygen atoms in total. The minimum Gasteiger partial charge on any atom is -0.325 e. The molecule has 2 rings (SSSR count). The van der Waals surface area contributed by atoms with E-state index in [4.69, 9.17) is 0 Å². The van der Waals surface area contributed by atoms with Crippen LogP contribution in [0.25, 0.3) is 0 Å². The Morgan fingerprint density at radius 3 is 2.07 bits per heavy atom. The lowest BCUT2D eigenvalue weighted by atomic mass is 10.2. The number of benzene rings is 2. The number of amides is 1. The van der Waals surface area contributed by atoms with Crippen molar-refractivity contribution in [3.8, 4) is 0 Å². The second kappa shape index (κ2) is 9.54. The zero-order valence-electron chi connectivity index (χ0n) is 16.3. The van der Waals surface area contributed by atoms with Gasteiger partial charge in [0, 0.05) is 17.0 Å². The van der Waals surface area contributed by atoms with E-state index < -0.39 is 10.0 Å². The first-order valence-electron chi connectivity index (χ1n) is 8.92. The average Bonchev–Trinajstić information content (AvgIpc) is 2.61. The van der Waals surface area contributed by atoms with Crippen LogP contribution in [-0.4, -0.2) is 25.6 Å². The van der Waals surface area contributed by atoms with Crippen LogP contribution in [-0.2, 0) is 14.8 Å². The van der Waals surface area contributed by atoms with E-state index in [-0.39, 0.29) is 33.2 Å². The van der Waals surface area contributed by atoms with E-state index in [1.54, 1.807) is 45.0 Å². The molecular formula is C20H25FN2O3S2. The largest absolute Gasteiger partial charge is 0.325 e. The predicted octanol–water partition coefficient (Wildman–Crippen LogP) is 4.33. The summed E-state index contributed by atoms with van der Waals surface area (Å²) in [5.41, 5.74) is 1.47. The molecule has 152 valence electrons. The summed E-state index contributed by atoms with van der Waals surface area (Å²) in [7, 11) is -3.56. The molecular weight excluding hydrogens is 399 g/mol. The number of hydrogen-bond donors (Lipinski definition) is 2. The summed E-state index contributed by atoms with van der Waals surface area (Å²) < 4.78 is 39.8. The zero-order chi connectivity index (χ0) is 20.9. The molecule has 0 aliphatic carbocycles. The molecule has 0 aromatic heterocycles. The maximum atomic E-state index is 13.0. The third kappa shape index (κ3) is 6.32. The number of nitrogens with one attached hydrogen (secondary N) is 2. The highest BCUT2D eigenvalue weighted by Crippen LogP contribution is 2.32. The molecule has 0 fully saturated rings. The first-order chi connectivity index (χ1) is 13.1. The first-order valence-corrected chi connectivity index (χ1v) is 11.4. The van der Waals surface area contributed by atoms with Crippen LogP contribution in [0.3, 0.4) is 0 Å². The molecule has 2 aromatic carbocycles. The molecule has 2 aromatic rings. The Kier molecular flexibility index (Phi) is 7.63. The quantitative estimate of drug-likeness (QED) is 0.661. The Hall–Kier alpha value is -1.90. The lowest BCUT2D eigenvalue weighted by molar-refractivity contribution is -0.115. The summed E-state index contributed by atoms with van der Waals surface area (Å²) in [6, 6.07) is 12.1. The van der Waals surface area contributed by atoms with E-state index in [0.29, 0.717) is 5.69 Å². The number of carbonyl (C=O) groups excluding carboxylic acids is 1. The normalized spacial score (nSPS) is 13.9. The van der Waals surface area contributed by atoms with Gasteiger partial charge in [0.1, 0.15) is 5.82 Å². The van der Waals surface area contributed by atoms with Crippen LogP contribution in [0.4, 0.5) is 10.1 Å². The Labute approximate surface area is 170 Å². The number of hydrogen-bond acceptors (Lipinski definition) is 4. The van der Waals surface area contributed by atoms with Gasteiger partial charge in [0.2, 0.25) is 15.9 Å². The fourth-order valence-corrected chi connectivity index (χ4v) is 4.88. The monoisotopic (exact) mass is 424 g/mol. The Balaban J connectivity index is 1.97. The second-order valence-electron chi connectivity index (χ2n) is 6.76. The van der Waals surface area contributed by atoms with E-state index in [2.05, 4.69) is 10.0 Å². The lowest BCUT2D eigenvalue weighted by Gasteiger charge is -2.17. The summed E-state index contributed by atoms with van der Waals surface area (Å²) in [5, 5.41) is 2.47. The smallest absolute Gasteiger partial charge is 0.240 e. The van der Waals surface area contributed by atoms with Crippen molar-refractivity contribution in [2.45, 2.75) is 49.1 Å². The molecule has 1 amide bonds. The van der Waals surface area contributed by atoms with Gasteiger partial charge >= 0.3 is 0 Å². The minimum absolute atomic E-state index is 0.0241. The van der Waals surface area contributed by atoms with E-state index in [9.17, 15) is 17.6 Å². The topological polar surface area (TPSA) is 75.3 Å². The molecule has 0 saturated heterocycles. The average molecular weight is 425 g/mol. The standard InChI is InChI=1S/C20H25FN2O3S2/c1-13(2)23-28(25,26)19-11-9-18(10-12-19)22-20(24)15(4)27-14(3)16-5-7-17(21)8-6-16/h5-15,23H,1-4H3,(H,22,24). The lowest BCUT2D eigenvalue weighted by Crippen LogP contribution is -2.30. The molecule has 8 heteroatoms. The van der Waals surface area contributed by atoms with Crippen molar-refractivity contribution >= 4 is 33.4 Å². The Morgan fingerprint density at radius 1 is 0.964 bits per heavy atom. The van der Waals surface area contributed by atoms with E-state index in [1.165, 1.54) is 36.0 Å². The number of halogens is 1. The third-order valence-electron chi connectivity index (χ3n) is 3.94.